The zero-order chi connectivity index (χ0) is 23.1. The highest BCUT2D eigenvalue weighted by Crippen LogP contribution is 2.22. The van der Waals surface area contributed by atoms with Crippen LogP contribution in [0.3, 0.4) is 0 Å². The highest BCUT2D eigenvalue weighted by Gasteiger charge is 2.31. The molecule has 1 fully saturated rings. The van der Waals surface area contributed by atoms with E-state index in [0.29, 0.717) is 30.2 Å². The molecule has 174 valence electrons. The average Bonchev–Trinajstić information content (AvgIpc) is 3.41. The van der Waals surface area contributed by atoms with Gasteiger partial charge >= 0.3 is 5.69 Å². The molecule has 0 saturated carbocycles. The van der Waals surface area contributed by atoms with Gasteiger partial charge < -0.3 is 20.1 Å². The fourth-order valence-corrected chi connectivity index (χ4v) is 4.60. The number of benzene rings is 1. The molecule has 5 rings (SSSR count). The molecule has 0 bridgehead atoms. The van der Waals surface area contributed by atoms with Crippen LogP contribution < -0.4 is 26.8 Å². The number of para-hydroxylation sites is 1. The van der Waals surface area contributed by atoms with E-state index in [2.05, 4.69) is 49.7 Å². The van der Waals surface area contributed by atoms with E-state index in [1.54, 1.807) is 11.6 Å². The predicted octanol–water partition coefficient (Wildman–Crippen LogP) is -0.834. The number of aryl methyl sites for hydroxylation is 1. The number of fused-ring (bicyclic) bond motifs is 3. The molecule has 0 radical (unpaired) electrons. The Morgan fingerprint density at radius 1 is 1.09 bits per heavy atom. The van der Waals surface area contributed by atoms with Gasteiger partial charge in [-0.15, -0.1) is 0 Å². The first kappa shape index (κ1) is 21.3. The lowest BCUT2D eigenvalue weighted by Crippen LogP contribution is -2.49. The van der Waals surface area contributed by atoms with Crippen LogP contribution in [0.1, 0.15) is 0 Å². The summed E-state index contributed by atoms with van der Waals surface area (Å²) in [6.45, 7) is 5.48. The molecule has 0 spiro atoms. The van der Waals surface area contributed by atoms with E-state index in [1.165, 1.54) is 17.3 Å². The first-order valence-electron chi connectivity index (χ1n) is 11.2. The third kappa shape index (κ3) is 3.78. The Labute approximate surface area is 190 Å². The lowest BCUT2D eigenvalue weighted by atomic mass is 10.2. The summed E-state index contributed by atoms with van der Waals surface area (Å²) in [5.74, 6) is 0.304. The van der Waals surface area contributed by atoms with Crippen LogP contribution in [-0.2, 0) is 25.4 Å². The second kappa shape index (κ2) is 8.39. The van der Waals surface area contributed by atoms with Crippen molar-refractivity contribution in [2.24, 2.45) is 14.1 Å². The number of anilines is 2. The number of imidazole rings is 1. The number of carbonyl (C=O) groups excluding carboxylic acids is 1. The molecule has 33 heavy (non-hydrogen) atoms. The Morgan fingerprint density at radius 2 is 1.82 bits per heavy atom. The van der Waals surface area contributed by atoms with Crippen LogP contribution in [0.5, 0.6) is 0 Å². The Balaban J connectivity index is 1.15. The van der Waals surface area contributed by atoms with Crippen LogP contribution in [0, 0.1) is 0 Å². The lowest BCUT2D eigenvalue weighted by Gasteiger charge is -2.36. The van der Waals surface area contributed by atoms with Crippen molar-refractivity contribution in [3.05, 3.63) is 51.2 Å². The predicted molar refractivity (Wildman–Crippen MR) is 126 cm³/mol. The van der Waals surface area contributed by atoms with Gasteiger partial charge in [-0.2, -0.15) is 4.98 Å². The Hall–Kier alpha value is -3.60. The zero-order valence-corrected chi connectivity index (χ0v) is 18.8. The van der Waals surface area contributed by atoms with Crippen molar-refractivity contribution in [1.82, 2.24) is 28.9 Å². The summed E-state index contributed by atoms with van der Waals surface area (Å²) in [7, 11) is 3.02. The SMILES string of the molecule is Cn1c(=O)c2c(nc3n2CC(C(=O)NCCN2CCN(c4ccccc4)CC2)N3)n(C)c1=O. The first-order valence-corrected chi connectivity index (χ1v) is 11.2. The summed E-state index contributed by atoms with van der Waals surface area (Å²) in [5.41, 5.74) is 1.05. The molecule has 1 unspecified atom stereocenters. The third-order valence-electron chi connectivity index (χ3n) is 6.55. The fraction of sp³-hybridized carbons (Fsp3) is 0.455. The van der Waals surface area contributed by atoms with E-state index in [-0.39, 0.29) is 5.91 Å². The quantitative estimate of drug-likeness (QED) is 0.520. The molecular formula is C22H28N8O3. The van der Waals surface area contributed by atoms with Crippen molar-refractivity contribution in [3.8, 4) is 0 Å². The van der Waals surface area contributed by atoms with Crippen LogP contribution in [-0.4, -0.2) is 74.8 Å². The molecule has 1 aromatic carbocycles. The normalized spacial score (nSPS) is 18.4. The maximum atomic E-state index is 12.7. The summed E-state index contributed by atoms with van der Waals surface area (Å²) < 4.78 is 4.09. The molecule has 4 heterocycles. The summed E-state index contributed by atoms with van der Waals surface area (Å²) >= 11 is 0. The van der Waals surface area contributed by atoms with Crippen molar-refractivity contribution in [2.75, 3.05) is 49.5 Å². The fourth-order valence-electron chi connectivity index (χ4n) is 4.60. The van der Waals surface area contributed by atoms with Gasteiger partial charge in [-0.25, -0.2) is 4.79 Å². The van der Waals surface area contributed by atoms with Gasteiger partial charge in [0.25, 0.3) is 5.56 Å². The number of hydrogen-bond donors (Lipinski definition) is 2. The number of amides is 1. The highest BCUT2D eigenvalue weighted by molar-refractivity contribution is 5.87. The zero-order valence-electron chi connectivity index (χ0n) is 18.8. The third-order valence-corrected chi connectivity index (χ3v) is 6.55. The van der Waals surface area contributed by atoms with Gasteiger partial charge in [0.05, 0.1) is 6.54 Å². The van der Waals surface area contributed by atoms with Crippen molar-refractivity contribution < 1.29 is 4.79 Å². The van der Waals surface area contributed by atoms with E-state index >= 15 is 0 Å². The molecule has 1 atom stereocenters. The van der Waals surface area contributed by atoms with E-state index in [0.717, 1.165) is 37.3 Å². The van der Waals surface area contributed by atoms with Crippen LogP contribution >= 0.6 is 0 Å². The monoisotopic (exact) mass is 452 g/mol. The average molecular weight is 453 g/mol. The molecule has 11 nitrogen and oxygen atoms in total. The minimum absolute atomic E-state index is 0.127. The summed E-state index contributed by atoms with van der Waals surface area (Å²) in [5, 5.41) is 6.08. The van der Waals surface area contributed by atoms with Gasteiger partial charge in [0.15, 0.2) is 11.2 Å². The smallest absolute Gasteiger partial charge is 0.332 e. The standard InChI is InChI=1S/C22H28N8O3/c1-26-18-17(20(32)27(2)22(26)33)30-14-16(24-21(30)25-18)19(31)23-8-9-28-10-12-29(13-11-28)15-6-4-3-5-7-15/h3-7,16H,8-14H2,1-2H3,(H,23,31)(H,24,25). The Morgan fingerprint density at radius 3 is 2.55 bits per heavy atom. The van der Waals surface area contributed by atoms with Crippen molar-refractivity contribution >= 4 is 28.7 Å². The summed E-state index contributed by atoms with van der Waals surface area (Å²) in [6, 6.07) is 9.90. The lowest BCUT2D eigenvalue weighted by molar-refractivity contribution is -0.121. The van der Waals surface area contributed by atoms with Gasteiger partial charge in [0, 0.05) is 59.1 Å². The topological polar surface area (TPSA) is 109 Å². The minimum Gasteiger partial charge on any atom is -0.369 e. The van der Waals surface area contributed by atoms with Crippen LogP contribution in [0.4, 0.5) is 11.6 Å². The number of rotatable bonds is 5. The molecule has 2 N–H and O–H groups in total. The van der Waals surface area contributed by atoms with Crippen LogP contribution in [0.15, 0.2) is 39.9 Å². The molecule has 11 heteroatoms. The van der Waals surface area contributed by atoms with Crippen LogP contribution in [0.2, 0.25) is 0 Å². The number of carbonyl (C=O) groups is 1. The minimum atomic E-state index is -0.506. The molecule has 3 aromatic rings. The molecule has 2 aliphatic rings. The number of hydrogen-bond acceptors (Lipinski definition) is 7. The Bertz CT molecular complexity index is 1300. The number of piperazine rings is 1. The van der Waals surface area contributed by atoms with Crippen molar-refractivity contribution in [1.29, 1.82) is 0 Å². The molecule has 2 aromatic heterocycles. The van der Waals surface area contributed by atoms with Crippen LogP contribution in [0.25, 0.3) is 11.2 Å². The maximum Gasteiger partial charge on any atom is 0.332 e. The van der Waals surface area contributed by atoms with Crippen molar-refractivity contribution in [3.63, 3.8) is 0 Å². The first-order chi connectivity index (χ1) is 15.9. The van der Waals surface area contributed by atoms with Gasteiger partial charge in [0.1, 0.15) is 6.04 Å². The molecular weight excluding hydrogens is 424 g/mol. The summed E-state index contributed by atoms with van der Waals surface area (Å²) in [4.78, 5) is 46.6. The molecule has 2 aliphatic heterocycles. The van der Waals surface area contributed by atoms with Gasteiger partial charge in [-0.05, 0) is 12.1 Å². The number of aromatic nitrogens is 4. The second-order valence-corrected chi connectivity index (χ2v) is 8.58. The van der Waals surface area contributed by atoms with Gasteiger partial charge in [-0.3, -0.25) is 23.6 Å². The molecule has 1 amide bonds. The molecule has 0 aliphatic carbocycles. The van der Waals surface area contributed by atoms with E-state index in [4.69, 9.17) is 0 Å². The highest BCUT2D eigenvalue weighted by atomic mass is 16.2. The summed E-state index contributed by atoms with van der Waals surface area (Å²) in [6.07, 6.45) is 0. The Kier molecular flexibility index (Phi) is 5.41. The van der Waals surface area contributed by atoms with E-state index in [1.807, 2.05) is 6.07 Å². The van der Waals surface area contributed by atoms with Crippen molar-refractivity contribution in [2.45, 2.75) is 12.6 Å². The maximum absolute atomic E-state index is 12.7. The number of nitrogens with zero attached hydrogens (tertiary/aromatic N) is 6. The van der Waals surface area contributed by atoms with Gasteiger partial charge in [-0.1, -0.05) is 18.2 Å². The second-order valence-electron chi connectivity index (χ2n) is 8.58. The van der Waals surface area contributed by atoms with E-state index in [9.17, 15) is 14.4 Å². The largest absolute Gasteiger partial charge is 0.369 e. The number of nitrogens with one attached hydrogen (secondary N) is 2. The van der Waals surface area contributed by atoms with Gasteiger partial charge in [0.2, 0.25) is 11.9 Å². The molecule has 1 saturated heterocycles. The van der Waals surface area contributed by atoms with E-state index < -0.39 is 17.3 Å².